The molecule has 9 heteroatoms. The molecule has 0 bridgehead atoms. The number of nitrogens with zero attached hydrogens (tertiary/aromatic N) is 3. The molecule has 33 heavy (non-hydrogen) atoms. The maximum atomic E-state index is 12.9. The number of pyridine rings is 1. The zero-order valence-corrected chi connectivity index (χ0v) is 19.4. The summed E-state index contributed by atoms with van der Waals surface area (Å²) < 4.78 is 12.6. The molecule has 0 fully saturated rings. The molecule has 0 aliphatic heterocycles. The van der Waals surface area contributed by atoms with E-state index in [4.69, 9.17) is 9.47 Å². The molecule has 3 aromatic heterocycles. The predicted octanol–water partition coefficient (Wildman–Crippen LogP) is 5.01. The van der Waals surface area contributed by atoms with Crippen molar-refractivity contribution in [3.63, 3.8) is 0 Å². The molecule has 0 aliphatic rings. The minimum absolute atomic E-state index is 0.110. The fourth-order valence-electron chi connectivity index (χ4n) is 3.38. The summed E-state index contributed by atoms with van der Waals surface area (Å²) in [5.74, 6) is 1.20. The van der Waals surface area contributed by atoms with Crippen molar-refractivity contribution >= 4 is 33.1 Å². The number of rotatable bonds is 8. The van der Waals surface area contributed by atoms with E-state index < -0.39 is 0 Å². The molecule has 1 N–H and O–H groups in total. The van der Waals surface area contributed by atoms with Crippen molar-refractivity contribution in [2.75, 3.05) is 12.4 Å². The van der Waals surface area contributed by atoms with Crippen LogP contribution in [0.25, 0.3) is 10.2 Å². The number of methoxy groups -OCH3 is 1. The third kappa shape index (κ3) is 4.73. The summed E-state index contributed by atoms with van der Waals surface area (Å²) in [5.41, 5.74) is 1.04. The number of carbonyl (C=O) groups excluding carboxylic acids is 1. The molecule has 170 valence electrons. The van der Waals surface area contributed by atoms with Gasteiger partial charge in [-0.1, -0.05) is 25.5 Å². The fraction of sp³-hybridized carbons (Fsp3) is 0.250. The smallest absolute Gasteiger partial charge is 0.266 e. The maximum absolute atomic E-state index is 12.9. The molecule has 0 atom stereocenters. The third-order valence-corrected chi connectivity index (χ3v) is 6.35. The number of fused-ring (bicyclic) bond motifs is 1. The standard InChI is InChI=1S/C24H24N4O4S/c1-4-5-12-28-14-26-23-20(24(28)30)15(2)21(33-23)22(29)27-16-10-11-19(25-13-16)32-18-9-7-6-8-17(18)31-3/h6-11,13-14H,4-5,12H2,1-3H3,(H,27,29). The average Bonchev–Trinajstić information content (AvgIpc) is 3.17. The highest BCUT2D eigenvalue weighted by atomic mass is 32.1. The Morgan fingerprint density at radius 1 is 1.15 bits per heavy atom. The molecular formula is C24H24N4O4S. The molecule has 8 nitrogen and oxygen atoms in total. The molecule has 0 spiro atoms. The molecule has 4 rings (SSSR count). The summed E-state index contributed by atoms with van der Waals surface area (Å²) in [7, 11) is 1.57. The maximum Gasteiger partial charge on any atom is 0.266 e. The van der Waals surface area contributed by atoms with Crippen LogP contribution in [0, 0.1) is 6.92 Å². The van der Waals surface area contributed by atoms with Gasteiger partial charge in [0.25, 0.3) is 11.5 Å². The molecule has 0 saturated heterocycles. The predicted molar refractivity (Wildman–Crippen MR) is 129 cm³/mol. The number of amides is 1. The summed E-state index contributed by atoms with van der Waals surface area (Å²) in [6.45, 7) is 4.47. The van der Waals surface area contributed by atoms with Gasteiger partial charge in [-0.25, -0.2) is 9.97 Å². The largest absolute Gasteiger partial charge is 0.493 e. The van der Waals surface area contributed by atoms with E-state index in [9.17, 15) is 9.59 Å². The molecular weight excluding hydrogens is 440 g/mol. The van der Waals surface area contributed by atoms with Gasteiger partial charge in [-0.05, 0) is 37.1 Å². The minimum atomic E-state index is -0.310. The lowest BCUT2D eigenvalue weighted by molar-refractivity contribution is 0.103. The van der Waals surface area contributed by atoms with Gasteiger partial charge >= 0.3 is 0 Å². The van der Waals surface area contributed by atoms with Gasteiger partial charge in [0, 0.05) is 12.6 Å². The number of hydrogen-bond donors (Lipinski definition) is 1. The van der Waals surface area contributed by atoms with E-state index >= 15 is 0 Å². The number of thiophene rings is 1. The van der Waals surface area contributed by atoms with Gasteiger partial charge < -0.3 is 14.8 Å². The second kappa shape index (κ2) is 9.83. The number of aromatic nitrogens is 3. The van der Waals surface area contributed by atoms with E-state index in [2.05, 4.69) is 22.2 Å². The van der Waals surface area contributed by atoms with Crippen molar-refractivity contribution in [3.05, 3.63) is 69.7 Å². The number of anilines is 1. The molecule has 0 aliphatic carbocycles. The fourth-order valence-corrected chi connectivity index (χ4v) is 4.42. The van der Waals surface area contributed by atoms with Gasteiger partial charge in [-0.2, -0.15) is 0 Å². The normalized spacial score (nSPS) is 10.9. The van der Waals surface area contributed by atoms with Gasteiger partial charge in [0.2, 0.25) is 5.88 Å². The highest BCUT2D eigenvalue weighted by Gasteiger charge is 2.20. The van der Waals surface area contributed by atoms with Crippen LogP contribution in [0.2, 0.25) is 0 Å². The first-order chi connectivity index (χ1) is 16.0. The molecule has 3 heterocycles. The molecule has 1 aromatic carbocycles. The van der Waals surface area contributed by atoms with Crippen molar-refractivity contribution < 1.29 is 14.3 Å². The lowest BCUT2D eigenvalue weighted by atomic mass is 10.2. The van der Waals surface area contributed by atoms with E-state index in [1.807, 2.05) is 12.1 Å². The molecule has 1 amide bonds. The number of aryl methyl sites for hydroxylation is 2. The Morgan fingerprint density at radius 3 is 2.64 bits per heavy atom. The molecule has 0 radical (unpaired) electrons. The highest BCUT2D eigenvalue weighted by molar-refractivity contribution is 7.20. The van der Waals surface area contributed by atoms with Gasteiger partial charge in [0.1, 0.15) is 4.83 Å². The third-order valence-electron chi connectivity index (χ3n) is 5.15. The van der Waals surface area contributed by atoms with Crippen molar-refractivity contribution in [1.82, 2.24) is 14.5 Å². The van der Waals surface area contributed by atoms with Gasteiger partial charge in [0.05, 0.1) is 35.6 Å². The number of nitrogens with one attached hydrogen (secondary N) is 1. The Kier molecular flexibility index (Phi) is 6.69. The van der Waals surface area contributed by atoms with Gasteiger partial charge in [-0.3, -0.25) is 14.2 Å². The number of hydrogen-bond acceptors (Lipinski definition) is 7. The Labute approximate surface area is 194 Å². The van der Waals surface area contributed by atoms with Crippen LogP contribution in [-0.2, 0) is 6.54 Å². The number of benzene rings is 1. The SMILES string of the molecule is CCCCn1cnc2sc(C(=O)Nc3ccc(Oc4ccccc4OC)nc3)c(C)c2c1=O. The van der Waals surface area contributed by atoms with Crippen molar-refractivity contribution in [2.24, 2.45) is 0 Å². The highest BCUT2D eigenvalue weighted by Crippen LogP contribution is 2.31. The van der Waals surface area contributed by atoms with Crippen LogP contribution in [0.5, 0.6) is 17.4 Å². The first-order valence-electron chi connectivity index (χ1n) is 10.6. The van der Waals surface area contributed by atoms with E-state index in [1.165, 1.54) is 17.5 Å². The van der Waals surface area contributed by atoms with Crippen molar-refractivity contribution in [3.8, 4) is 17.4 Å². The second-order valence-corrected chi connectivity index (χ2v) is 8.42. The van der Waals surface area contributed by atoms with E-state index in [1.54, 1.807) is 49.2 Å². The quantitative estimate of drug-likeness (QED) is 0.394. The lowest BCUT2D eigenvalue weighted by Gasteiger charge is -2.10. The topological polar surface area (TPSA) is 95.3 Å². The van der Waals surface area contributed by atoms with Crippen molar-refractivity contribution in [1.29, 1.82) is 0 Å². The summed E-state index contributed by atoms with van der Waals surface area (Å²) in [5, 5.41) is 3.34. The van der Waals surface area contributed by atoms with Crippen LogP contribution in [0.1, 0.15) is 35.0 Å². The molecule has 4 aromatic rings. The number of para-hydroxylation sites is 2. The first-order valence-corrected chi connectivity index (χ1v) is 11.4. The molecule has 0 unspecified atom stereocenters. The average molecular weight is 465 g/mol. The first kappa shape index (κ1) is 22.5. The molecule has 0 saturated carbocycles. The Balaban J connectivity index is 1.51. The van der Waals surface area contributed by atoms with Crippen LogP contribution in [-0.4, -0.2) is 27.6 Å². The Morgan fingerprint density at radius 2 is 1.94 bits per heavy atom. The summed E-state index contributed by atoms with van der Waals surface area (Å²) >= 11 is 1.21. The number of ether oxygens (including phenoxy) is 2. The monoisotopic (exact) mass is 464 g/mol. The zero-order valence-electron chi connectivity index (χ0n) is 18.6. The van der Waals surface area contributed by atoms with Gasteiger partial charge in [0.15, 0.2) is 11.5 Å². The van der Waals surface area contributed by atoms with Crippen LogP contribution in [0.15, 0.2) is 53.7 Å². The zero-order chi connectivity index (χ0) is 23.4. The lowest BCUT2D eigenvalue weighted by Crippen LogP contribution is -2.20. The number of unbranched alkanes of at least 4 members (excludes halogenated alkanes) is 1. The Hall–Kier alpha value is -3.72. The van der Waals surface area contributed by atoms with E-state index in [0.29, 0.717) is 50.3 Å². The van der Waals surface area contributed by atoms with Crippen molar-refractivity contribution in [2.45, 2.75) is 33.2 Å². The van der Waals surface area contributed by atoms with E-state index in [0.717, 1.165) is 12.8 Å². The van der Waals surface area contributed by atoms with Crippen LogP contribution < -0.4 is 20.3 Å². The summed E-state index contributed by atoms with van der Waals surface area (Å²) in [6, 6.07) is 10.6. The summed E-state index contributed by atoms with van der Waals surface area (Å²) in [4.78, 5) is 35.4. The minimum Gasteiger partial charge on any atom is -0.493 e. The second-order valence-electron chi connectivity index (χ2n) is 7.43. The van der Waals surface area contributed by atoms with Crippen LogP contribution in [0.3, 0.4) is 0 Å². The van der Waals surface area contributed by atoms with Crippen LogP contribution >= 0.6 is 11.3 Å². The van der Waals surface area contributed by atoms with E-state index in [-0.39, 0.29) is 11.5 Å². The van der Waals surface area contributed by atoms with Gasteiger partial charge in [-0.15, -0.1) is 11.3 Å². The summed E-state index contributed by atoms with van der Waals surface area (Å²) in [6.07, 6.45) is 4.95. The Bertz CT molecular complexity index is 1350. The van der Waals surface area contributed by atoms with Crippen LogP contribution in [0.4, 0.5) is 5.69 Å². The number of carbonyl (C=O) groups is 1.